The third kappa shape index (κ3) is 3.22. The van der Waals surface area contributed by atoms with Gasteiger partial charge in [-0.25, -0.2) is 0 Å². The number of fused-ring (bicyclic) bond motifs is 1. The molecule has 0 bridgehead atoms. The van der Waals surface area contributed by atoms with E-state index in [1.165, 1.54) is 46.2 Å². The number of benzene rings is 2. The molecule has 2 unspecified atom stereocenters. The lowest BCUT2D eigenvalue weighted by atomic mass is 9.94. The topological polar surface area (TPSA) is 23.5 Å². The van der Waals surface area contributed by atoms with Gasteiger partial charge in [-0.1, -0.05) is 35.9 Å². The second-order valence-electron chi connectivity index (χ2n) is 9.15. The average molecular weight is 382 g/mol. The molecule has 3 aliphatic rings. The quantitative estimate of drug-likeness (QED) is 0.743. The van der Waals surface area contributed by atoms with Crippen LogP contribution in [0, 0.1) is 6.92 Å². The van der Waals surface area contributed by atoms with Crippen molar-refractivity contribution in [2.45, 2.75) is 63.5 Å². The van der Waals surface area contributed by atoms with Gasteiger partial charge in [-0.2, -0.15) is 0 Å². The van der Waals surface area contributed by atoms with E-state index in [1.54, 1.807) is 0 Å². The van der Waals surface area contributed by atoms with Crippen LogP contribution >= 0.6 is 11.6 Å². The Morgan fingerprint density at radius 2 is 1.93 bits per heavy atom. The summed E-state index contributed by atoms with van der Waals surface area (Å²) in [5.74, 6) is 0.687. The molecule has 0 aromatic heterocycles. The second-order valence-corrected chi connectivity index (χ2v) is 9.56. The highest BCUT2D eigenvalue weighted by atomic mass is 35.5. The van der Waals surface area contributed by atoms with E-state index < -0.39 is 5.60 Å². The normalized spacial score (nSPS) is 27.9. The summed E-state index contributed by atoms with van der Waals surface area (Å²) >= 11 is 6.58. The Labute approximate surface area is 167 Å². The van der Waals surface area contributed by atoms with Crippen molar-refractivity contribution in [1.82, 2.24) is 4.90 Å². The van der Waals surface area contributed by atoms with Crippen molar-refractivity contribution in [2.24, 2.45) is 0 Å². The van der Waals surface area contributed by atoms with Gasteiger partial charge < -0.3 is 5.11 Å². The van der Waals surface area contributed by atoms with Crippen molar-refractivity contribution in [2.75, 3.05) is 13.1 Å². The molecule has 2 aromatic rings. The molecule has 0 amide bonds. The second kappa shape index (κ2) is 6.34. The number of hydrogen-bond acceptors (Lipinski definition) is 2. The smallest absolute Gasteiger partial charge is 0.0758 e. The van der Waals surface area contributed by atoms with Crippen molar-refractivity contribution in [1.29, 1.82) is 0 Å². The molecule has 5 rings (SSSR count). The maximum atomic E-state index is 10.4. The summed E-state index contributed by atoms with van der Waals surface area (Å²) in [4.78, 5) is 2.49. The summed E-state index contributed by atoms with van der Waals surface area (Å²) in [5.41, 5.74) is 7.64. The molecule has 27 heavy (non-hydrogen) atoms. The van der Waals surface area contributed by atoms with Gasteiger partial charge in [-0.05, 0) is 91.3 Å². The number of halogens is 1. The summed E-state index contributed by atoms with van der Waals surface area (Å²) < 4.78 is 0. The third-order valence-electron chi connectivity index (χ3n) is 6.77. The van der Waals surface area contributed by atoms with Gasteiger partial charge in [0.15, 0.2) is 0 Å². The summed E-state index contributed by atoms with van der Waals surface area (Å²) in [5, 5.41) is 11.3. The van der Waals surface area contributed by atoms with E-state index in [0.29, 0.717) is 12.0 Å². The first-order valence-corrected chi connectivity index (χ1v) is 10.7. The van der Waals surface area contributed by atoms with Gasteiger partial charge in [-0.15, -0.1) is 0 Å². The van der Waals surface area contributed by atoms with E-state index in [9.17, 15) is 5.11 Å². The van der Waals surface area contributed by atoms with E-state index in [4.69, 9.17) is 11.6 Å². The van der Waals surface area contributed by atoms with Crippen LogP contribution < -0.4 is 0 Å². The summed E-state index contributed by atoms with van der Waals surface area (Å²) in [6.45, 7) is 6.00. The number of nitrogens with zero attached hydrogens (tertiary/aromatic N) is 1. The molecule has 0 spiro atoms. The highest BCUT2D eigenvalue weighted by molar-refractivity contribution is 6.31. The van der Waals surface area contributed by atoms with Crippen LogP contribution in [0.1, 0.15) is 66.8 Å². The Hall–Kier alpha value is -1.35. The number of hydrogen-bond donors (Lipinski definition) is 1. The lowest BCUT2D eigenvalue weighted by Gasteiger charge is -2.27. The fourth-order valence-electron chi connectivity index (χ4n) is 5.20. The van der Waals surface area contributed by atoms with Crippen molar-refractivity contribution in [3.63, 3.8) is 0 Å². The van der Waals surface area contributed by atoms with Crippen molar-refractivity contribution >= 4 is 11.6 Å². The van der Waals surface area contributed by atoms with Crippen LogP contribution in [0.25, 0.3) is 11.1 Å². The monoisotopic (exact) mass is 381 g/mol. The molecular weight excluding hydrogens is 354 g/mol. The SMILES string of the molecule is Cc1cc(-c2ccc(C3CC3)c(Cl)c2)cc2c1C(N1CCC(C)(O)C1)CC2. The zero-order valence-electron chi connectivity index (χ0n) is 16.3. The molecule has 1 saturated heterocycles. The van der Waals surface area contributed by atoms with Gasteiger partial charge in [0.25, 0.3) is 0 Å². The van der Waals surface area contributed by atoms with E-state index >= 15 is 0 Å². The van der Waals surface area contributed by atoms with Crippen LogP contribution in [0.3, 0.4) is 0 Å². The van der Waals surface area contributed by atoms with Crippen LogP contribution in [0.15, 0.2) is 30.3 Å². The highest BCUT2D eigenvalue weighted by Gasteiger charge is 2.38. The zero-order valence-corrected chi connectivity index (χ0v) is 17.0. The molecule has 2 aromatic carbocycles. The molecular formula is C24H28ClNO. The number of rotatable bonds is 3. The molecule has 1 aliphatic heterocycles. The number of likely N-dealkylation sites (tertiary alicyclic amines) is 1. The fraction of sp³-hybridized carbons (Fsp3) is 0.500. The first-order chi connectivity index (χ1) is 12.9. The number of aliphatic hydroxyl groups is 1. The molecule has 2 nitrogen and oxygen atoms in total. The van der Waals surface area contributed by atoms with Gasteiger partial charge in [0, 0.05) is 24.2 Å². The largest absolute Gasteiger partial charge is 0.389 e. The Morgan fingerprint density at radius 1 is 1.11 bits per heavy atom. The Kier molecular flexibility index (Phi) is 4.16. The number of aryl methyl sites for hydroxylation is 2. The average Bonchev–Trinajstić information content (AvgIpc) is 3.26. The van der Waals surface area contributed by atoms with E-state index in [0.717, 1.165) is 37.4 Å². The fourth-order valence-corrected chi connectivity index (χ4v) is 5.54. The standard InChI is InChI=1S/C24H28ClNO/c1-15-11-19(17-5-7-20(16-3-4-16)21(25)13-17)12-18-6-8-22(23(15)18)26-10-9-24(2,27)14-26/h5,7,11-13,16,22,27H,3-4,6,8-10,14H2,1-2H3. The van der Waals surface area contributed by atoms with E-state index in [1.807, 2.05) is 6.92 Å². The van der Waals surface area contributed by atoms with Crippen molar-refractivity contribution in [3.05, 3.63) is 57.6 Å². The van der Waals surface area contributed by atoms with Gasteiger partial charge >= 0.3 is 0 Å². The number of β-amino-alcohol motifs (C(OH)–C–C–N with tert-alkyl or cyclic N) is 1. The van der Waals surface area contributed by atoms with Crippen LogP contribution in [-0.2, 0) is 6.42 Å². The van der Waals surface area contributed by atoms with Crippen LogP contribution in [0.2, 0.25) is 5.02 Å². The van der Waals surface area contributed by atoms with E-state index in [2.05, 4.69) is 42.2 Å². The molecule has 142 valence electrons. The summed E-state index contributed by atoms with van der Waals surface area (Å²) in [6.07, 6.45) is 5.73. The lowest BCUT2D eigenvalue weighted by molar-refractivity contribution is 0.0620. The Morgan fingerprint density at radius 3 is 2.59 bits per heavy atom. The zero-order chi connectivity index (χ0) is 18.8. The predicted octanol–water partition coefficient (Wildman–Crippen LogP) is 5.64. The van der Waals surface area contributed by atoms with Gasteiger partial charge in [0.05, 0.1) is 5.60 Å². The van der Waals surface area contributed by atoms with Crippen LogP contribution in [0.5, 0.6) is 0 Å². The minimum Gasteiger partial charge on any atom is -0.389 e. The van der Waals surface area contributed by atoms with Gasteiger partial charge in [-0.3, -0.25) is 4.90 Å². The molecule has 2 atom stereocenters. The molecule has 3 heteroatoms. The van der Waals surface area contributed by atoms with Gasteiger partial charge in [0.2, 0.25) is 0 Å². The third-order valence-corrected chi connectivity index (χ3v) is 7.09. The maximum absolute atomic E-state index is 10.4. The molecule has 1 heterocycles. The summed E-state index contributed by atoms with van der Waals surface area (Å²) in [7, 11) is 0. The highest BCUT2D eigenvalue weighted by Crippen LogP contribution is 2.45. The minimum atomic E-state index is -0.531. The molecule has 2 aliphatic carbocycles. The van der Waals surface area contributed by atoms with Crippen molar-refractivity contribution in [3.8, 4) is 11.1 Å². The predicted molar refractivity (Wildman–Crippen MR) is 111 cm³/mol. The molecule has 0 radical (unpaired) electrons. The minimum absolute atomic E-state index is 0.462. The summed E-state index contributed by atoms with van der Waals surface area (Å²) in [6, 6.07) is 11.8. The van der Waals surface area contributed by atoms with E-state index in [-0.39, 0.29) is 0 Å². The molecule has 1 saturated carbocycles. The van der Waals surface area contributed by atoms with Crippen LogP contribution in [-0.4, -0.2) is 28.7 Å². The molecule has 2 fully saturated rings. The first-order valence-electron chi connectivity index (χ1n) is 10.3. The molecule has 1 N–H and O–H groups in total. The Bertz CT molecular complexity index is 899. The van der Waals surface area contributed by atoms with Crippen molar-refractivity contribution < 1.29 is 5.11 Å². The maximum Gasteiger partial charge on any atom is 0.0758 e. The van der Waals surface area contributed by atoms with Crippen LogP contribution in [0.4, 0.5) is 0 Å². The lowest BCUT2D eigenvalue weighted by Crippen LogP contribution is -2.31. The Balaban J connectivity index is 1.46. The van der Waals surface area contributed by atoms with Gasteiger partial charge in [0.1, 0.15) is 0 Å². The first kappa shape index (κ1) is 17.7.